The number of hydrogen-bond acceptors (Lipinski definition) is 3. The Morgan fingerprint density at radius 1 is 1.26 bits per heavy atom. The first kappa shape index (κ1) is 21.0. The average molecular weight is 366 g/mol. The van der Waals surface area contributed by atoms with Gasteiger partial charge in [0, 0.05) is 26.2 Å². The van der Waals surface area contributed by atoms with E-state index in [9.17, 15) is 4.79 Å². The highest BCUT2D eigenvalue weighted by molar-refractivity contribution is 5.85. The smallest absolute Gasteiger partial charge is 0.230 e. The third-order valence-corrected chi connectivity index (χ3v) is 6.20. The number of carbonyl (C=O) groups excluding carboxylic acids is 1. The fourth-order valence-electron chi connectivity index (χ4n) is 4.97. The molecule has 6 heteroatoms. The normalized spacial score (nSPS) is 33.5. The van der Waals surface area contributed by atoms with E-state index in [2.05, 4.69) is 22.0 Å². The van der Waals surface area contributed by atoms with Crippen molar-refractivity contribution in [3.63, 3.8) is 0 Å². The molecular weight excluding hydrogens is 333 g/mol. The SMILES string of the molecule is CCN1CCCC1CN(C)C(=O)[C@@]12CCCC[C@H]1CNC2.Cl.Cl. The average Bonchev–Trinajstić information content (AvgIpc) is 3.12. The highest BCUT2D eigenvalue weighted by Crippen LogP contribution is 2.45. The van der Waals surface area contributed by atoms with Crippen LogP contribution in [0.15, 0.2) is 0 Å². The van der Waals surface area contributed by atoms with Crippen molar-refractivity contribution in [2.45, 2.75) is 51.5 Å². The maximum Gasteiger partial charge on any atom is 0.230 e. The highest BCUT2D eigenvalue weighted by Gasteiger charge is 2.51. The molecule has 2 heterocycles. The van der Waals surface area contributed by atoms with Crippen LogP contribution in [0.5, 0.6) is 0 Å². The number of amides is 1. The van der Waals surface area contributed by atoms with Gasteiger partial charge in [0.2, 0.25) is 5.91 Å². The largest absolute Gasteiger partial charge is 0.344 e. The molecule has 0 spiro atoms. The van der Waals surface area contributed by atoms with Crippen LogP contribution in [-0.4, -0.2) is 61.5 Å². The second kappa shape index (κ2) is 8.89. The molecule has 3 rings (SSSR count). The maximum atomic E-state index is 13.2. The van der Waals surface area contributed by atoms with Crippen molar-refractivity contribution in [3.05, 3.63) is 0 Å². The Bertz CT molecular complexity index is 396. The van der Waals surface area contributed by atoms with Gasteiger partial charge >= 0.3 is 0 Å². The summed E-state index contributed by atoms with van der Waals surface area (Å²) in [5.74, 6) is 0.993. The minimum Gasteiger partial charge on any atom is -0.344 e. The first-order chi connectivity index (χ1) is 10.2. The van der Waals surface area contributed by atoms with Gasteiger partial charge in [-0.1, -0.05) is 19.8 Å². The molecule has 4 nitrogen and oxygen atoms in total. The van der Waals surface area contributed by atoms with E-state index in [0.29, 0.717) is 17.9 Å². The number of likely N-dealkylation sites (N-methyl/N-ethyl adjacent to an activating group) is 2. The summed E-state index contributed by atoms with van der Waals surface area (Å²) < 4.78 is 0. The van der Waals surface area contributed by atoms with E-state index in [4.69, 9.17) is 0 Å². The Labute approximate surface area is 153 Å². The predicted octanol–water partition coefficient (Wildman–Crippen LogP) is 2.55. The lowest BCUT2D eigenvalue weighted by molar-refractivity contribution is -0.144. The first-order valence-electron chi connectivity index (χ1n) is 8.87. The van der Waals surface area contributed by atoms with Crippen molar-refractivity contribution in [2.75, 3.05) is 39.8 Å². The number of hydrogen-bond donors (Lipinski definition) is 1. The van der Waals surface area contributed by atoms with Crippen LogP contribution < -0.4 is 5.32 Å². The van der Waals surface area contributed by atoms with Crippen LogP contribution >= 0.6 is 24.8 Å². The summed E-state index contributed by atoms with van der Waals surface area (Å²) in [5.41, 5.74) is -0.0807. The third-order valence-electron chi connectivity index (χ3n) is 6.20. The number of nitrogens with one attached hydrogen (secondary N) is 1. The number of halogens is 2. The van der Waals surface area contributed by atoms with Crippen molar-refractivity contribution >= 4 is 30.7 Å². The van der Waals surface area contributed by atoms with Crippen LogP contribution in [0.1, 0.15) is 45.4 Å². The van der Waals surface area contributed by atoms with E-state index < -0.39 is 0 Å². The fourth-order valence-corrected chi connectivity index (χ4v) is 4.97. The summed E-state index contributed by atoms with van der Waals surface area (Å²) in [6.07, 6.45) is 7.39. The molecule has 0 bridgehead atoms. The van der Waals surface area contributed by atoms with Gasteiger partial charge in [-0.2, -0.15) is 0 Å². The van der Waals surface area contributed by atoms with E-state index in [1.165, 1.54) is 38.6 Å². The number of nitrogens with zero attached hydrogens (tertiary/aromatic N) is 2. The third kappa shape index (κ3) is 3.97. The Hall–Kier alpha value is -0.0300. The van der Waals surface area contributed by atoms with Gasteiger partial charge in [-0.15, -0.1) is 24.8 Å². The first-order valence-corrected chi connectivity index (χ1v) is 8.87. The second-order valence-corrected chi connectivity index (χ2v) is 7.34. The standard InChI is InChI=1S/C17H31N3O.2ClH/c1-3-20-10-6-8-15(20)12-19(2)16(21)17-9-5-4-7-14(17)11-18-13-17;;/h14-15,18H,3-13H2,1-2H3;2*1H/t14-,15?,17+;;/m0../s1. The molecule has 1 amide bonds. The van der Waals surface area contributed by atoms with E-state index >= 15 is 0 Å². The van der Waals surface area contributed by atoms with Crippen molar-refractivity contribution in [3.8, 4) is 0 Å². The summed E-state index contributed by atoms with van der Waals surface area (Å²) in [6, 6.07) is 0.580. The highest BCUT2D eigenvalue weighted by atomic mass is 35.5. The van der Waals surface area contributed by atoms with Gasteiger partial charge in [-0.05, 0) is 51.2 Å². The molecule has 1 aliphatic carbocycles. The van der Waals surface area contributed by atoms with Gasteiger partial charge in [0.1, 0.15) is 0 Å². The van der Waals surface area contributed by atoms with Crippen LogP contribution in [-0.2, 0) is 4.79 Å². The molecule has 136 valence electrons. The zero-order valence-electron chi connectivity index (χ0n) is 14.6. The van der Waals surface area contributed by atoms with E-state index in [1.807, 2.05) is 7.05 Å². The Balaban J connectivity index is 0.00000132. The predicted molar refractivity (Wildman–Crippen MR) is 99.7 cm³/mol. The van der Waals surface area contributed by atoms with Crippen LogP contribution in [0.2, 0.25) is 0 Å². The van der Waals surface area contributed by atoms with Crippen LogP contribution in [0, 0.1) is 11.3 Å². The van der Waals surface area contributed by atoms with Crippen molar-refractivity contribution < 1.29 is 4.79 Å². The van der Waals surface area contributed by atoms with E-state index in [0.717, 1.165) is 32.6 Å². The Morgan fingerprint density at radius 3 is 2.78 bits per heavy atom. The molecule has 3 fully saturated rings. The molecule has 1 saturated carbocycles. The minimum absolute atomic E-state index is 0. The zero-order valence-corrected chi connectivity index (χ0v) is 16.2. The molecule has 0 aromatic rings. The second-order valence-electron chi connectivity index (χ2n) is 7.34. The lowest BCUT2D eigenvalue weighted by atomic mass is 9.67. The van der Waals surface area contributed by atoms with Gasteiger partial charge in [0.15, 0.2) is 0 Å². The molecule has 1 unspecified atom stereocenters. The van der Waals surface area contributed by atoms with Gasteiger partial charge in [0.05, 0.1) is 5.41 Å². The van der Waals surface area contributed by atoms with Crippen LogP contribution in [0.25, 0.3) is 0 Å². The summed E-state index contributed by atoms with van der Waals surface area (Å²) in [7, 11) is 2.03. The Kier molecular flexibility index (Phi) is 8.12. The zero-order chi connectivity index (χ0) is 14.9. The van der Waals surface area contributed by atoms with E-state index in [1.54, 1.807) is 0 Å². The lowest BCUT2D eigenvalue weighted by Gasteiger charge is -2.41. The van der Waals surface area contributed by atoms with Crippen molar-refractivity contribution in [1.29, 1.82) is 0 Å². The molecular formula is C17H33Cl2N3O. The topological polar surface area (TPSA) is 35.6 Å². The fraction of sp³-hybridized carbons (Fsp3) is 0.941. The quantitative estimate of drug-likeness (QED) is 0.831. The number of carbonyl (C=O) groups is 1. The van der Waals surface area contributed by atoms with Crippen LogP contribution in [0.3, 0.4) is 0 Å². The molecule has 23 heavy (non-hydrogen) atoms. The number of rotatable bonds is 4. The summed E-state index contributed by atoms with van der Waals surface area (Å²) >= 11 is 0. The molecule has 3 atom stereocenters. The monoisotopic (exact) mass is 365 g/mol. The molecule has 1 N–H and O–H groups in total. The van der Waals surface area contributed by atoms with Crippen molar-refractivity contribution in [1.82, 2.24) is 15.1 Å². The summed E-state index contributed by atoms with van der Waals surface area (Å²) in [6.45, 7) is 7.42. The maximum absolute atomic E-state index is 13.2. The molecule has 0 aromatic carbocycles. The summed E-state index contributed by atoms with van der Waals surface area (Å²) in [5, 5.41) is 3.50. The van der Waals surface area contributed by atoms with Crippen LogP contribution in [0.4, 0.5) is 0 Å². The number of likely N-dealkylation sites (tertiary alicyclic amines) is 1. The molecule has 0 aromatic heterocycles. The minimum atomic E-state index is -0.0807. The summed E-state index contributed by atoms with van der Waals surface area (Å²) in [4.78, 5) is 17.7. The van der Waals surface area contributed by atoms with Gasteiger partial charge < -0.3 is 10.2 Å². The van der Waals surface area contributed by atoms with Gasteiger partial charge in [-0.25, -0.2) is 0 Å². The Morgan fingerprint density at radius 2 is 2.04 bits per heavy atom. The molecule has 3 aliphatic rings. The number of fused-ring (bicyclic) bond motifs is 1. The van der Waals surface area contributed by atoms with Gasteiger partial charge in [-0.3, -0.25) is 9.69 Å². The molecule has 0 radical (unpaired) electrons. The van der Waals surface area contributed by atoms with Crippen molar-refractivity contribution in [2.24, 2.45) is 11.3 Å². The van der Waals surface area contributed by atoms with E-state index in [-0.39, 0.29) is 30.2 Å². The van der Waals surface area contributed by atoms with Gasteiger partial charge in [0.25, 0.3) is 0 Å². The molecule has 2 saturated heterocycles. The molecule has 2 aliphatic heterocycles. The lowest BCUT2D eigenvalue weighted by Crippen LogP contribution is -2.51.